The van der Waals surface area contributed by atoms with Crippen LogP contribution in [0, 0.1) is 0 Å². The minimum atomic E-state index is -0.136. The molecule has 0 aliphatic carbocycles. The molecule has 2 aromatic rings. The Hall–Kier alpha value is -2.70. The fraction of sp³-hybridized carbons (Fsp3) is 0.318. The normalized spacial score (nSPS) is 17.1. The van der Waals surface area contributed by atoms with Gasteiger partial charge in [-0.15, -0.1) is 0 Å². The number of aromatic hydroxyl groups is 1. The quantitative estimate of drug-likeness (QED) is 0.791. The van der Waals surface area contributed by atoms with Crippen LogP contribution < -0.4 is 10.2 Å². The molecule has 0 spiro atoms. The van der Waals surface area contributed by atoms with Crippen LogP contribution in [-0.2, 0) is 4.74 Å². The number of carbonyl (C=O) groups excluding carboxylic acids is 1. The van der Waals surface area contributed by atoms with Crippen molar-refractivity contribution in [2.24, 2.45) is 0 Å². The number of halogens is 1. The molecule has 0 atom stereocenters. The molecule has 2 N–H and O–H groups in total. The number of phenols is 1. The maximum absolute atomic E-state index is 12.9. The van der Waals surface area contributed by atoms with Crippen molar-refractivity contribution < 1.29 is 14.6 Å². The van der Waals surface area contributed by atoms with Gasteiger partial charge in [0, 0.05) is 31.2 Å². The van der Waals surface area contributed by atoms with Gasteiger partial charge in [0.25, 0.3) is 0 Å². The third-order valence-corrected chi connectivity index (χ3v) is 5.52. The molecule has 152 valence electrons. The summed E-state index contributed by atoms with van der Waals surface area (Å²) in [6, 6.07) is 12.6. The summed E-state index contributed by atoms with van der Waals surface area (Å²) < 4.78 is 5.43. The summed E-state index contributed by atoms with van der Waals surface area (Å²) in [4.78, 5) is 16.9. The van der Waals surface area contributed by atoms with E-state index in [-0.39, 0.29) is 11.8 Å². The molecule has 1 saturated heterocycles. The average molecular weight is 414 g/mol. The molecule has 4 rings (SSSR count). The van der Waals surface area contributed by atoms with Crippen molar-refractivity contribution in [2.45, 2.75) is 6.42 Å². The van der Waals surface area contributed by atoms with Gasteiger partial charge in [0.05, 0.1) is 24.6 Å². The predicted molar refractivity (Wildman–Crippen MR) is 116 cm³/mol. The van der Waals surface area contributed by atoms with E-state index in [9.17, 15) is 9.90 Å². The maximum atomic E-state index is 12.9. The van der Waals surface area contributed by atoms with Crippen LogP contribution in [0.1, 0.15) is 12.0 Å². The topological polar surface area (TPSA) is 65.0 Å². The van der Waals surface area contributed by atoms with E-state index in [0.29, 0.717) is 31.3 Å². The number of amides is 2. The smallest absolute Gasteiger partial charge is 0.322 e. The van der Waals surface area contributed by atoms with Crippen molar-refractivity contribution in [3.63, 3.8) is 0 Å². The number of morpholine rings is 1. The van der Waals surface area contributed by atoms with Crippen molar-refractivity contribution in [1.29, 1.82) is 0 Å². The number of nitrogens with zero attached hydrogens (tertiary/aromatic N) is 2. The van der Waals surface area contributed by atoms with Crippen molar-refractivity contribution in [2.75, 3.05) is 49.6 Å². The Morgan fingerprint density at radius 2 is 1.83 bits per heavy atom. The number of benzene rings is 2. The monoisotopic (exact) mass is 413 g/mol. The summed E-state index contributed by atoms with van der Waals surface area (Å²) in [6.45, 7) is 4.08. The molecule has 2 aliphatic heterocycles. The van der Waals surface area contributed by atoms with Gasteiger partial charge in [-0.1, -0.05) is 29.8 Å². The lowest BCUT2D eigenvalue weighted by Crippen LogP contribution is -2.39. The minimum Gasteiger partial charge on any atom is -0.508 e. The first-order valence-electron chi connectivity index (χ1n) is 9.77. The molecule has 0 bridgehead atoms. The van der Waals surface area contributed by atoms with Crippen LogP contribution in [0.5, 0.6) is 5.75 Å². The van der Waals surface area contributed by atoms with Crippen molar-refractivity contribution in [3.8, 4) is 5.75 Å². The Balaban J connectivity index is 1.45. The molecule has 0 radical (unpaired) electrons. The predicted octanol–water partition coefficient (Wildman–Crippen LogP) is 4.20. The van der Waals surface area contributed by atoms with Gasteiger partial charge in [-0.25, -0.2) is 4.79 Å². The van der Waals surface area contributed by atoms with Crippen LogP contribution in [0.4, 0.5) is 16.2 Å². The molecule has 7 heteroatoms. The third-order valence-electron chi connectivity index (χ3n) is 5.29. The van der Waals surface area contributed by atoms with Gasteiger partial charge >= 0.3 is 6.03 Å². The molecular formula is C22H24ClN3O3. The Bertz CT molecular complexity index is 908. The van der Waals surface area contributed by atoms with E-state index in [1.807, 2.05) is 24.3 Å². The van der Waals surface area contributed by atoms with E-state index < -0.39 is 0 Å². The van der Waals surface area contributed by atoms with Crippen LogP contribution in [0.2, 0.25) is 5.02 Å². The van der Waals surface area contributed by atoms with E-state index in [0.717, 1.165) is 36.4 Å². The molecule has 1 fully saturated rings. The van der Waals surface area contributed by atoms with Gasteiger partial charge in [0.15, 0.2) is 0 Å². The number of phenolic OH excluding ortho intramolecular Hbond substituents is 1. The fourth-order valence-electron chi connectivity index (χ4n) is 3.67. The summed E-state index contributed by atoms with van der Waals surface area (Å²) in [6.07, 6.45) is 2.83. The van der Waals surface area contributed by atoms with E-state index in [4.69, 9.17) is 16.3 Å². The van der Waals surface area contributed by atoms with Crippen LogP contribution in [0.25, 0.3) is 5.57 Å². The molecule has 0 unspecified atom stereocenters. The molecule has 2 heterocycles. The van der Waals surface area contributed by atoms with Crippen LogP contribution in [0.3, 0.4) is 0 Å². The van der Waals surface area contributed by atoms with Crippen LogP contribution in [0.15, 0.2) is 48.5 Å². The Morgan fingerprint density at radius 1 is 1.07 bits per heavy atom. The average Bonchev–Trinajstić information content (AvgIpc) is 2.75. The van der Waals surface area contributed by atoms with Crippen molar-refractivity contribution >= 4 is 34.6 Å². The minimum absolute atomic E-state index is 0.136. The molecule has 0 aromatic heterocycles. The lowest BCUT2D eigenvalue weighted by Gasteiger charge is -2.32. The Kier molecular flexibility index (Phi) is 5.92. The third kappa shape index (κ3) is 4.66. The Morgan fingerprint density at radius 3 is 2.52 bits per heavy atom. The second-order valence-corrected chi connectivity index (χ2v) is 7.60. The number of urea groups is 1. The summed E-state index contributed by atoms with van der Waals surface area (Å²) in [5.41, 5.74) is 3.94. The largest absolute Gasteiger partial charge is 0.508 e. The van der Waals surface area contributed by atoms with E-state index in [1.165, 1.54) is 5.57 Å². The van der Waals surface area contributed by atoms with E-state index in [2.05, 4.69) is 16.3 Å². The van der Waals surface area contributed by atoms with E-state index >= 15 is 0 Å². The highest BCUT2D eigenvalue weighted by Crippen LogP contribution is 2.31. The molecule has 2 amide bonds. The maximum Gasteiger partial charge on any atom is 0.322 e. The fourth-order valence-corrected chi connectivity index (χ4v) is 3.85. The molecule has 6 nitrogen and oxygen atoms in total. The van der Waals surface area contributed by atoms with E-state index in [1.54, 1.807) is 23.1 Å². The number of anilines is 2. The van der Waals surface area contributed by atoms with Crippen molar-refractivity contribution in [3.05, 3.63) is 59.1 Å². The molecule has 29 heavy (non-hydrogen) atoms. The summed E-state index contributed by atoms with van der Waals surface area (Å²) in [5, 5.41) is 13.1. The number of ether oxygens (including phenoxy) is 1. The van der Waals surface area contributed by atoms with Gasteiger partial charge in [0.2, 0.25) is 0 Å². The highest BCUT2D eigenvalue weighted by molar-refractivity contribution is 6.31. The highest BCUT2D eigenvalue weighted by atomic mass is 35.5. The number of hydrogen-bond donors (Lipinski definition) is 2. The van der Waals surface area contributed by atoms with Gasteiger partial charge in [0.1, 0.15) is 5.75 Å². The van der Waals surface area contributed by atoms with Crippen molar-refractivity contribution in [1.82, 2.24) is 4.90 Å². The summed E-state index contributed by atoms with van der Waals surface area (Å²) in [5.74, 6) is 0.253. The SMILES string of the molecule is O=C(Nc1cc(Cl)ccc1N1CCOCC1)N1CC=C(c2ccc(O)cc2)CC1. The van der Waals surface area contributed by atoms with Crippen LogP contribution >= 0.6 is 11.6 Å². The molecule has 2 aromatic carbocycles. The lowest BCUT2D eigenvalue weighted by molar-refractivity contribution is 0.123. The van der Waals surface area contributed by atoms with Gasteiger partial charge in [-0.2, -0.15) is 0 Å². The summed E-state index contributed by atoms with van der Waals surface area (Å²) >= 11 is 6.19. The summed E-state index contributed by atoms with van der Waals surface area (Å²) in [7, 11) is 0. The first-order chi connectivity index (χ1) is 14.1. The molecule has 0 saturated carbocycles. The second-order valence-electron chi connectivity index (χ2n) is 7.16. The zero-order chi connectivity index (χ0) is 20.2. The van der Waals surface area contributed by atoms with Gasteiger partial charge < -0.3 is 25.0 Å². The second kappa shape index (κ2) is 8.76. The standard InChI is InChI=1S/C22H24ClN3O3/c23-18-3-6-21(25-11-13-29-14-12-25)20(15-18)24-22(28)26-9-7-17(8-10-26)16-1-4-19(27)5-2-16/h1-7,15,27H,8-14H2,(H,24,28). The zero-order valence-corrected chi connectivity index (χ0v) is 16.9. The highest BCUT2D eigenvalue weighted by Gasteiger charge is 2.21. The Labute approximate surface area is 175 Å². The lowest BCUT2D eigenvalue weighted by atomic mass is 9.99. The molecule has 2 aliphatic rings. The first-order valence-corrected chi connectivity index (χ1v) is 10.1. The first kappa shape index (κ1) is 19.6. The number of rotatable bonds is 3. The number of nitrogens with one attached hydrogen (secondary N) is 1. The van der Waals surface area contributed by atoms with Crippen LogP contribution in [-0.4, -0.2) is 55.4 Å². The number of carbonyl (C=O) groups is 1. The van der Waals surface area contributed by atoms with Gasteiger partial charge in [-0.3, -0.25) is 0 Å². The zero-order valence-electron chi connectivity index (χ0n) is 16.1. The number of hydrogen-bond acceptors (Lipinski definition) is 4. The van der Waals surface area contributed by atoms with Gasteiger partial charge in [-0.05, 0) is 47.9 Å². The molecular weight excluding hydrogens is 390 g/mol.